The summed E-state index contributed by atoms with van der Waals surface area (Å²) in [5.41, 5.74) is 8.60. The summed E-state index contributed by atoms with van der Waals surface area (Å²) in [4.78, 5) is 2.47. The van der Waals surface area contributed by atoms with E-state index in [1.807, 2.05) is 0 Å². The molecule has 0 radical (unpaired) electrons. The van der Waals surface area contributed by atoms with Crippen LogP contribution in [0.1, 0.15) is 37.8 Å². The minimum Gasteiger partial charge on any atom is -0.384 e. The average Bonchev–Trinajstić information content (AvgIpc) is 2.47. The molecule has 0 saturated carbocycles. The lowest BCUT2D eigenvalue weighted by Crippen LogP contribution is -2.37. The molecule has 1 heterocycles. The molecule has 0 bridgehead atoms. The van der Waals surface area contributed by atoms with Gasteiger partial charge in [-0.2, -0.15) is 0 Å². The van der Waals surface area contributed by atoms with Gasteiger partial charge in [0.25, 0.3) is 0 Å². The predicted octanol–water partition coefficient (Wildman–Crippen LogP) is 2.96. The van der Waals surface area contributed by atoms with Crippen molar-refractivity contribution in [2.75, 3.05) is 31.7 Å². The van der Waals surface area contributed by atoms with E-state index in [2.05, 4.69) is 36.1 Å². The van der Waals surface area contributed by atoms with E-state index in [1.54, 1.807) is 7.11 Å². The van der Waals surface area contributed by atoms with Gasteiger partial charge in [-0.1, -0.05) is 19.1 Å². The van der Waals surface area contributed by atoms with Crippen molar-refractivity contribution in [1.29, 1.82) is 0 Å². The zero-order valence-corrected chi connectivity index (χ0v) is 12.1. The summed E-state index contributed by atoms with van der Waals surface area (Å²) in [6.07, 6.45) is 3.52. The molecule has 0 aliphatic carbocycles. The number of rotatable bonds is 5. The highest BCUT2D eigenvalue weighted by atomic mass is 16.5. The van der Waals surface area contributed by atoms with Gasteiger partial charge in [-0.3, -0.25) is 0 Å². The largest absolute Gasteiger partial charge is 0.384 e. The van der Waals surface area contributed by atoms with Crippen LogP contribution in [0.3, 0.4) is 0 Å². The Morgan fingerprint density at radius 1 is 1.37 bits per heavy atom. The molecule has 1 aromatic carbocycles. The molecule has 1 aliphatic rings. The molecule has 0 aromatic heterocycles. The minimum absolute atomic E-state index is 0.164. The summed E-state index contributed by atoms with van der Waals surface area (Å²) in [7, 11) is 1.79. The molecule has 1 aliphatic heterocycles. The standard InChI is InChI=1S/C16H26N2O/c1-3-16(17)14-6-8-15(9-7-14)18-10-4-5-13(11-18)12-19-2/h6-9,13,16H,3-5,10-12,17H2,1-2H3/t13?,16-/m1/s1. The van der Waals surface area contributed by atoms with E-state index in [4.69, 9.17) is 10.5 Å². The maximum atomic E-state index is 6.05. The zero-order valence-electron chi connectivity index (χ0n) is 12.1. The fourth-order valence-electron chi connectivity index (χ4n) is 2.84. The minimum atomic E-state index is 0.164. The Balaban J connectivity index is 2.01. The van der Waals surface area contributed by atoms with Crippen LogP contribution in [0.5, 0.6) is 0 Å². The average molecular weight is 262 g/mol. The summed E-state index contributed by atoms with van der Waals surface area (Å²) < 4.78 is 5.29. The van der Waals surface area contributed by atoms with Crippen LogP contribution in [-0.4, -0.2) is 26.8 Å². The molecule has 3 heteroatoms. The van der Waals surface area contributed by atoms with Gasteiger partial charge < -0.3 is 15.4 Å². The summed E-state index contributed by atoms with van der Waals surface area (Å²) >= 11 is 0. The van der Waals surface area contributed by atoms with Crippen LogP contribution in [0, 0.1) is 5.92 Å². The van der Waals surface area contributed by atoms with Crippen LogP contribution in [0.4, 0.5) is 5.69 Å². The molecule has 1 fully saturated rings. The van der Waals surface area contributed by atoms with Gasteiger partial charge in [0.15, 0.2) is 0 Å². The second-order valence-corrected chi connectivity index (χ2v) is 5.52. The van der Waals surface area contributed by atoms with Crippen molar-refractivity contribution in [3.63, 3.8) is 0 Å². The van der Waals surface area contributed by atoms with Gasteiger partial charge in [0, 0.05) is 31.9 Å². The number of hydrogen-bond acceptors (Lipinski definition) is 3. The number of benzene rings is 1. The van der Waals surface area contributed by atoms with E-state index in [1.165, 1.54) is 24.1 Å². The van der Waals surface area contributed by atoms with Crippen LogP contribution in [0.15, 0.2) is 24.3 Å². The van der Waals surface area contributed by atoms with E-state index in [0.717, 1.165) is 26.1 Å². The molecule has 2 N–H and O–H groups in total. The molecule has 1 unspecified atom stereocenters. The Morgan fingerprint density at radius 3 is 2.74 bits per heavy atom. The fourth-order valence-corrected chi connectivity index (χ4v) is 2.84. The van der Waals surface area contributed by atoms with Crippen LogP contribution in [-0.2, 0) is 4.74 Å². The maximum Gasteiger partial charge on any atom is 0.0507 e. The lowest BCUT2D eigenvalue weighted by molar-refractivity contribution is 0.143. The number of piperidine rings is 1. The summed E-state index contributed by atoms with van der Waals surface area (Å²) in [5, 5.41) is 0. The van der Waals surface area contributed by atoms with Gasteiger partial charge in [0.2, 0.25) is 0 Å². The molecule has 2 atom stereocenters. The highest BCUT2D eigenvalue weighted by Crippen LogP contribution is 2.25. The zero-order chi connectivity index (χ0) is 13.7. The molecule has 106 valence electrons. The smallest absolute Gasteiger partial charge is 0.0507 e. The summed E-state index contributed by atoms with van der Waals surface area (Å²) in [5.74, 6) is 0.663. The van der Waals surface area contributed by atoms with E-state index in [9.17, 15) is 0 Å². The van der Waals surface area contributed by atoms with Crippen LogP contribution in [0.2, 0.25) is 0 Å². The highest BCUT2D eigenvalue weighted by Gasteiger charge is 2.20. The van der Waals surface area contributed by atoms with Crippen LogP contribution in [0.25, 0.3) is 0 Å². The first-order chi connectivity index (χ1) is 9.24. The molecule has 0 amide bonds. The molecule has 0 spiro atoms. The predicted molar refractivity (Wildman–Crippen MR) is 80.5 cm³/mol. The van der Waals surface area contributed by atoms with Gasteiger partial charge in [-0.25, -0.2) is 0 Å². The van der Waals surface area contributed by atoms with E-state index in [0.29, 0.717) is 5.92 Å². The Hall–Kier alpha value is -1.06. The van der Waals surface area contributed by atoms with Crippen molar-refractivity contribution in [1.82, 2.24) is 0 Å². The molecule has 19 heavy (non-hydrogen) atoms. The van der Waals surface area contributed by atoms with E-state index < -0.39 is 0 Å². The van der Waals surface area contributed by atoms with Crippen molar-refractivity contribution in [2.24, 2.45) is 11.7 Å². The van der Waals surface area contributed by atoms with Crippen molar-refractivity contribution in [2.45, 2.75) is 32.2 Å². The van der Waals surface area contributed by atoms with Crippen molar-refractivity contribution < 1.29 is 4.74 Å². The van der Waals surface area contributed by atoms with Crippen molar-refractivity contribution >= 4 is 5.69 Å². The third-order valence-corrected chi connectivity index (χ3v) is 4.05. The van der Waals surface area contributed by atoms with Crippen molar-refractivity contribution in [3.05, 3.63) is 29.8 Å². The first-order valence-corrected chi connectivity index (χ1v) is 7.34. The van der Waals surface area contributed by atoms with Gasteiger partial charge in [-0.15, -0.1) is 0 Å². The summed E-state index contributed by atoms with van der Waals surface area (Å²) in [6, 6.07) is 8.92. The number of anilines is 1. The number of nitrogens with zero attached hydrogens (tertiary/aromatic N) is 1. The number of hydrogen-bond donors (Lipinski definition) is 1. The normalized spacial score (nSPS) is 21.4. The number of nitrogens with two attached hydrogens (primary N) is 1. The number of methoxy groups -OCH3 is 1. The Bertz CT molecular complexity index is 375. The monoisotopic (exact) mass is 262 g/mol. The SMILES string of the molecule is CC[C@@H](N)c1ccc(N2CCCC(COC)C2)cc1. The third kappa shape index (κ3) is 3.71. The fraction of sp³-hybridized carbons (Fsp3) is 0.625. The second-order valence-electron chi connectivity index (χ2n) is 5.52. The topological polar surface area (TPSA) is 38.5 Å². The van der Waals surface area contributed by atoms with Gasteiger partial charge in [0.05, 0.1) is 6.61 Å². The second kappa shape index (κ2) is 6.92. The van der Waals surface area contributed by atoms with E-state index in [-0.39, 0.29) is 6.04 Å². The molecule has 3 nitrogen and oxygen atoms in total. The van der Waals surface area contributed by atoms with Crippen LogP contribution >= 0.6 is 0 Å². The first-order valence-electron chi connectivity index (χ1n) is 7.34. The maximum absolute atomic E-state index is 6.05. The molecule has 1 aromatic rings. The Labute approximate surface area is 116 Å². The first kappa shape index (κ1) is 14.4. The van der Waals surface area contributed by atoms with Gasteiger partial charge in [0.1, 0.15) is 0 Å². The lowest BCUT2D eigenvalue weighted by Gasteiger charge is -2.34. The van der Waals surface area contributed by atoms with Crippen molar-refractivity contribution in [3.8, 4) is 0 Å². The highest BCUT2D eigenvalue weighted by molar-refractivity contribution is 5.48. The number of ether oxygens (including phenoxy) is 1. The Kier molecular flexibility index (Phi) is 5.23. The Morgan fingerprint density at radius 2 is 2.11 bits per heavy atom. The lowest BCUT2D eigenvalue weighted by atomic mass is 9.98. The molecular weight excluding hydrogens is 236 g/mol. The molecular formula is C16H26N2O. The third-order valence-electron chi connectivity index (χ3n) is 4.05. The van der Waals surface area contributed by atoms with Gasteiger partial charge in [-0.05, 0) is 42.9 Å². The summed E-state index contributed by atoms with van der Waals surface area (Å²) in [6.45, 7) is 5.25. The molecule has 1 saturated heterocycles. The molecule has 2 rings (SSSR count). The van der Waals surface area contributed by atoms with Gasteiger partial charge >= 0.3 is 0 Å². The van der Waals surface area contributed by atoms with E-state index >= 15 is 0 Å². The quantitative estimate of drug-likeness (QED) is 0.886. The van der Waals surface area contributed by atoms with Crippen LogP contribution < -0.4 is 10.6 Å².